The molecule has 1 saturated heterocycles. The third-order valence-electron chi connectivity index (χ3n) is 5.09. The van der Waals surface area contributed by atoms with Gasteiger partial charge in [-0.1, -0.05) is 0 Å². The summed E-state index contributed by atoms with van der Waals surface area (Å²) < 4.78 is 8.81. The van der Waals surface area contributed by atoms with Crippen LogP contribution in [0.15, 0.2) is 17.3 Å². The molecule has 8 nitrogen and oxygen atoms in total. The summed E-state index contributed by atoms with van der Waals surface area (Å²) in [7, 11) is 1.75. The van der Waals surface area contributed by atoms with E-state index < -0.39 is 0 Å². The molecule has 0 aromatic carbocycles. The van der Waals surface area contributed by atoms with Gasteiger partial charge in [-0.05, 0) is 19.3 Å². The Morgan fingerprint density at radius 2 is 2.29 bits per heavy atom. The Hall–Kier alpha value is -2.22. The fraction of sp³-hybridized carbons (Fsp3) is 0.625. The molecular formula is C16H21N5O3. The zero-order valence-corrected chi connectivity index (χ0v) is 13.7. The molecule has 2 aromatic heterocycles. The van der Waals surface area contributed by atoms with Crippen LogP contribution in [0.3, 0.4) is 0 Å². The molecule has 2 fully saturated rings. The van der Waals surface area contributed by atoms with Gasteiger partial charge in [0.25, 0.3) is 5.56 Å². The summed E-state index contributed by atoms with van der Waals surface area (Å²) in [5.74, 6) is 0.0911. The third-order valence-corrected chi connectivity index (χ3v) is 5.09. The normalized spacial score (nSPS) is 23.6. The van der Waals surface area contributed by atoms with E-state index in [1.54, 1.807) is 11.7 Å². The number of morpholine rings is 1. The zero-order valence-electron chi connectivity index (χ0n) is 13.7. The summed E-state index contributed by atoms with van der Waals surface area (Å²) >= 11 is 0. The zero-order chi connectivity index (χ0) is 16.7. The van der Waals surface area contributed by atoms with Gasteiger partial charge in [-0.3, -0.25) is 18.8 Å². The van der Waals surface area contributed by atoms with Crippen molar-refractivity contribution in [3.05, 3.63) is 22.9 Å². The predicted molar refractivity (Wildman–Crippen MR) is 86.5 cm³/mol. The highest BCUT2D eigenvalue weighted by Crippen LogP contribution is 2.30. The maximum Gasteiger partial charge on any atom is 0.264 e. The second-order valence-electron chi connectivity index (χ2n) is 6.49. The number of ether oxygens (including phenoxy) is 1. The summed E-state index contributed by atoms with van der Waals surface area (Å²) in [4.78, 5) is 31.3. The summed E-state index contributed by atoms with van der Waals surface area (Å²) in [5.41, 5.74) is 0.408. The Bertz CT molecular complexity index is 827. The van der Waals surface area contributed by atoms with Gasteiger partial charge >= 0.3 is 0 Å². The minimum Gasteiger partial charge on any atom is -0.374 e. The standard InChI is InChI=1S/C16H21N5O3/c1-19-15-11(9-18-19)16(23)20(10-17-15)6-5-14(22)21-7-8-24-13-4-2-3-12(13)21/h9-10,12-13H,2-8H2,1H3/t12-,13+/m1/s1. The number of hydrogen-bond donors (Lipinski definition) is 0. The molecule has 1 aliphatic carbocycles. The van der Waals surface area contributed by atoms with E-state index >= 15 is 0 Å². The number of amides is 1. The predicted octanol–water partition coefficient (Wildman–Crippen LogP) is 0.300. The van der Waals surface area contributed by atoms with Crippen molar-refractivity contribution in [2.24, 2.45) is 7.05 Å². The molecule has 8 heteroatoms. The molecule has 24 heavy (non-hydrogen) atoms. The highest BCUT2D eigenvalue weighted by molar-refractivity contribution is 5.77. The Balaban J connectivity index is 1.47. The lowest BCUT2D eigenvalue weighted by molar-refractivity contribution is -0.144. The van der Waals surface area contributed by atoms with Crippen LogP contribution >= 0.6 is 0 Å². The molecule has 0 N–H and O–H groups in total. The van der Waals surface area contributed by atoms with Gasteiger partial charge in [0.15, 0.2) is 5.65 Å². The minimum atomic E-state index is -0.151. The van der Waals surface area contributed by atoms with Crippen LogP contribution in [-0.4, -0.2) is 55.4 Å². The second kappa shape index (κ2) is 6.01. The molecule has 1 aliphatic heterocycles. The molecule has 0 radical (unpaired) electrons. The van der Waals surface area contributed by atoms with Crippen LogP contribution in [-0.2, 0) is 23.1 Å². The monoisotopic (exact) mass is 331 g/mol. The molecule has 1 amide bonds. The average molecular weight is 331 g/mol. The number of aryl methyl sites for hydroxylation is 2. The van der Waals surface area contributed by atoms with E-state index in [9.17, 15) is 9.59 Å². The van der Waals surface area contributed by atoms with E-state index in [0.29, 0.717) is 37.2 Å². The fourth-order valence-electron chi connectivity index (χ4n) is 3.82. The molecule has 4 rings (SSSR count). The number of rotatable bonds is 3. The number of nitrogens with zero attached hydrogens (tertiary/aromatic N) is 5. The number of carbonyl (C=O) groups is 1. The first kappa shape index (κ1) is 15.3. The number of fused-ring (bicyclic) bond motifs is 2. The molecule has 2 aromatic rings. The first-order chi connectivity index (χ1) is 11.6. The highest BCUT2D eigenvalue weighted by atomic mass is 16.5. The van der Waals surface area contributed by atoms with Crippen molar-refractivity contribution in [2.75, 3.05) is 13.2 Å². The second-order valence-corrected chi connectivity index (χ2v) is 6.49. The van der Waals surface area contributed by atoms with E-state index in [4.69, 9.17) is 4.74 Å². The maximum atomic E-state index is 12.6. The average Bonchev–Trinajstić information content (AvgIpc) is 3.21. The van der Waals surface area contributed by atoms with Crippen molar-refractivity contribution in [2.45, 2.75) is 44.4 Å². The first-order valence-electron chi connectivity index (χ1n) is 8.43. The number of hydrogen-bond acceptors (Lipinski definition) is 5. The lowest BCUT2D eigenvalue weighted by Crippen LogP contribution is -2.51. The van der Waals surface area contributed by atoms with Gasteiger partial charge in [0.2, 0.25) is 5.91 Å². The number of carbonyl (C=O) groups excluding carboxylic acids is 1. The van der Waals surface area contributed by atoms with Crippen molar-refractivity contribution >= 4 is 16.9 Å². The van der Waals surface area contributed by atoms with Crippen LogP contribution in [0.25, 0.3) is 11.0 Å². The Morgan fingerprint density at radius 3 is 3.17 bits per heavy atom. The van der Waals surface area contributed by atoms with E-state index in [0.717, 1.165) is 19.3 Å². The van der Waals surface area contributed by atoms with E-state index in [1.165, 1.54) is 17.1 Å². The maximum absolute atomic E-state index is 12.6. The topological polar surface area (TPSA) is 82.2 Å². The molecule has 128 valence electrons. The fourth-order valence-corrected chi connectivity index (χ4v) is 3.82. The van der Waals surface area contributed by atoms with Gasteiger partial charge in [0.1, 0.15) is 5.39 Å². The van der Waals surface area contributed by atoms with Crippen molar-refractivity contribution < 1.29 is 9.53 Å². The van der Waals surface area contributed by atoms with Crippen molar-refractivity contribution in [1.29, 1.82) is 0 Å². The highest BCUT2D eigenvalue weighted by Gasteiger charge is 2.38. The van der Waals surface area contributed by atoms with Crippen molar-refractivity contribution in [3.63, 3.8) is 0 Å². The molecule has 0 unspecified atom stereocenters. The number of aromatic nitrogens is 4. The molecular weight excluding hydrogens is 310 g/mol. The summed E-state index contributed by atoms with van der Waals surface area (Å²) in [6.45, 7) is 1.59. The van der Waals surface area contributed by atoms with Gasteiger partial charge in [-0.2, -0.15) is 5.10 Å². The Labute approximate surface area is 139 Å². The van der Waals surface area contributed by atoms with Crippen molar-refractivity contribution in [3.8, 4) is 0 Å². The Morgan fingerprint density at radius 1 is 1.42 bits per heavy atom. The minimum absolute atomic E-state index is 0.0911. The quantitative estimate of drug-likeness (QED) is 0.808. The molecule has 2 atom stereocenters. The molecule has 0 bridgehead atoms. The van der Waals surface area contributed by atoms with Crippen LogP contribution in [0.5, 0.6) is 0 Å². The van der Waals surface area contributed by atoms with Gasteiger partial charge in [-0.25, -0.2) is 4.98 Å². The van der Waals surface area contributed by atoms with Gasteiger partial charge in [0.05, 0.1) is 31.3 Å². The SMILES string of the molecule is Cn1ncc2c(=O)n(CCC(=O)N3CCO[C@H]4CCC[C@H]43)cnc21. The van der Waals surface area contributed by atoms with Crippen LogP contribution < -0.4 is 5.56 Å². The van der Waals surface area contributed by atoms with E-state index in [-0.39, 0.29) is 23.6 Å². The first-order valence-corrected chi connectivity index (χ1v) is 8.43. The lowest BCUT2D eigenvalue weighted by Gasteiger charge is -2.37. The molecule has 0 spiro atoms. The summed E-state index contributed by atoms with van der Waals surface area (Å²) in [6, 6.07) is 0.210. The van der Waals surface area contributed by atoms with Gasteiger partial charge < -0.3 is 9.64 Å². The molecule has 1 saturated carbocycles. The van der Waals surface area contributed by atoms with E-state index in [1.807, 2.05) is 4.90 Å². The van der Waals surface area contributed by atoms with Crippen LogP contribution in [0.2, 0.25) is 0 Å². The van der Waals surface area contributed by atoms with Crippen LogP contribution in [0, 0.1) is 0 Å². The third kappa shape index (κ3) is 2.50. The largest absolute Gasteiger partial charge is 0.374 e. The summed E-state index contributed by atoms with van der Waals surface area (Å²) in [6.07, 6.45) is 6.68. The van der Waals surface area contributed by atoms with Gasteiger partial charge in [0, 0.05) is 26.6 Å². The van der Waals surface area contributed by atoms with E-state index in [2.05, 4.69) is 10.1 Å². The van der Waals surface area contributed by atoms with Crippen LogP contribution in [0.4, 0.5) is 0 Å². The van der Waals surface area contributed by atoms with Crippen LogP contribution in [0.1, 0.15) is 25.7 Å². The molecule has 2 aliphatic rings. The van der Waals surface area contributed by atoms with Gasteiger partial charge in [-0.15, -0.1) is 0 Å². The Kier molecular flexibility index (Phi) is 3.84. The molecule has 3 heterocycles. The lowest BCUT2D eigenvalue weighted by atomic mass is 10.1. The smallest absolute Gasteiger partial charge is 0.264 e. The summed E-state index contributed by atoms with van der Waals surface area (Å²) in [5, 5.41) is 4.54. The van der Waals surface area contributed by atoms with Crippen molar-refractivity contribution in [1.82, 2.24) is 24.2 Å².